The van der Waals surface area contributed by atoms with Gasteiger partial charge in [0.15, 0.2) is 5.54 Å². The van der Waals surface area contributed by atoms with Crippen LogP contribution in [0.1, 0.15) is 12.5 Å². The summed E-state index contributed by atoms with van der Waals surface area (Å²) < 4.78 is 0. The van der Waals surface area contributed by atoms with Gasteiger partial charge in [0.2, 0.25) is 0 Å². The van der Waals surface area contributed by atoms with Crippen molar-refractivity contribution in [1.29, 1.82) is 0 Å². The first-order valence-electron chi connectivity index (χ1n) is 4.63. The Labute approximate surface area is 92.2 Å². The first-order chi connectivity index (χ1) is 7.12. The van der Waals surface area contributed by atoms with E-state index in [1.807, 2.05) is 30.3 Å². The third kappa shape index (κ3) is 1.90. The second-order valence-electron chi connectivity index (χ2n) is 3.65. The summed E-state index contributed by atoms with van der Waals surface area (Å²) in [6, 6.07) is 9.67. The molecule has 1 aliphatic heterocycles. The topological polar surface area (TPSA) is 49.7 Å². The van der Waals surface area contributed by atoms with Gasteiger partial charge in [0.1, 0.15) is 0 Å². The van der Waals surface area contributed by atoms with Crippen molar-refractivity contribution in [3.8, 4) is 0 Å². The van der Waals surface area contributed by atoms with Crippen LogP contribution in [-0.2, 0) is 4.79 Å². The average Bonchev–Trinajstić information content (AvgIpc) is 2.64. The molecule has 0 fully saturated rings. The third-order valence-corrected chi connectivity index (χ3v) is 3.63. The normalized spacial score (nSPS) is 25.0. The smallest absolute Gasteiger partial charge is 0.332 e. The highest BCUT2D eigenvalue weighted by atomic mass is 32.2. The Morgan fingerprint density at radius 3 is 2.67 bits per heavy atom. The Hall–Kier alpha value is -1.29. The molecule has 0 saturated heterocycles. The van der Waals surface area contributed by atoms with E-state index in [2.05, 4.69) is 4.99 Å². The molecule has 1 atom stereocenters. The number of carboxylic acid groups (broad SMARTS) is 1. The fourth-order valence-electron chi connectivity index (χ4n) is 1.34. The number of nitrogens with zero attached hydrogens (tertiary/aromatic N) is 1. The molecule has 4 heteroatoms. The molecule has 15 heavy (non-hydrogen) atoms. The highest BCUT2D eigenvalue weighted by Gasteiger charge is 2.38. The Morgan fingerprint density at radius 1 is 1.47 bits per heavy atom. The van der Waals surface area contributed by atoms with E-state index in [1.54, 1.807) is 6.92 Å². The Morgan fingerprint density at radius 2 is 2.13 bits per heavy atom. The zero-order valence-corrected chi connectivity index (χ0v) is 9.12. The van der Waals surface area contributed by atoms with E-state index < -0.39 is 11.5 Å². The highest BCUT2D eigenvalue weighted by molar-refractivity contribution is 8.14. The minimum Gasteiger partial charge on any atom is -0.479 e. The summed E-state index contributed by atoms with van der Waals surface area (Å²) in [5, 5.41) is 9.84. The summed E-state index contributed by atoms with van der Waals surface area (Å²) in [6.07, 6.45) is 0. The number of carbonyl (C=O) groups is 1. The third-order valence-electron chi connectivity index (χ3n) is 2.32. The molecule has 0 radical (unpaired) electrons. The first kappa shape index (κ1) is 10.2. The number of rotatable bonds is 2. The predicted octanol–water partition coefficient (Wildman–Crippen LogP) is 2.02. The fraction of sp³-hybridized carbons (Fsp3) is 0.273. The van der Waals surface area contributed by atoms with Gasteiger partial charge in [-0.25, -0.2) is 4.79 Å². The lowest BCUT2D eigenvalue weighted by Gasteiger charge is -2.11. The van der Waals surface area contributed by atoms with Crippen molar-refractivity contribution in [3.05, 3.63) is 35.9 Å². The first-order valence-corrected chi connectivity index (χ1v) is 5.62. The van der Waals surface area contributed by atoms with Gasteiger partial charge in [0.05, 0.1) is 5.04 Å². The van der Waals surface area contributed by atoms with Gasteiger partial charge in [-0.05, 0) is 6.92 Å². The van der Waals surface area contributed by atoms with Crippen LogP contribution in [0.2, 0.25) is 0 Å². The van der Waals surface area contributed by atoms with Crippen molar-refractivity contribution in [3.63, 3.8) is 0 Å². The van der Waals surface area contributed by atoms with Gasteiger partial charge in [0, 0.05) is 11.3 Å². The molecule has 0 saturated carbocycles. The van der Waals surface area contributed by atoms with Crippen molar-refractivity contribution < 1.29 is 9.90 Å². The van der Waals surface area contributed by atoms with Crippen LogP contribution < -0.4 is 0 Å². The lowest BCUT2D eigenvalue weighted by molar-refractivity contribution is -0.141. The number of carboxylic acids is 1. The van der Waals surface area contributed by atoms with E-state index in [9.17, 15) is 4.79 Å². The summed E-state index contributed by atoms with van der Waals surface area (Å²) in [4.78, 5) is 15.2. The SMILES string of the molecule is C[C@@]1(C(=O)O)CSC(c2ccccc2)=N1. The lowest BCUT2D eigenvalue weighted by atomic mass is 10.1. The maximum absolute atomic E-state index is 11.0. The fourth-order valence-corrected chi connectivity index (χ4v) is 2.51. The predicted molar refractivity (Wildman–Crippen MR) is 61.5 cm³/mol. The molecule has 0 aliphatic carbocycles. The molecule has 1 aliphatic rings. The van der Waals surface area contributed by atoms with Crippen molar-refractivity contribution in [2.24, 2.45) is 4.99 Å². The number of thioether (sulfide) groups is 1. The van der Waals surface area contributed by atoms with Crippen molar-refractivity contribution in [2.75, 3.05) is 5.75 Å². The monoisotopic (exact) mass is 221 g/mol. The summed E-state index contributed by atoms with van der Waals surface area (Å²) in [6.45, 7) is 1.65. The van der Waals surface area contributed by atoms with E-state index in [0.717, 1.165) is 10.6 Å². The molecule has 1 heterocycles. The highest BCUT2D eigenvalue weighted by Crippen LogP contribution is 2.30. The zero-order chi connectivity index (χ0) is 10.9. The molecule has 0 bridgehead atoms. The van der Waals surface area contributed by atoms with Crippen LogP contribution in [0.15, 0.2) is 35.3 Å². The van der Waals surface area contributed by atoms with E-state index >= 15 is 0 Å². The largest absolute Gasteiger partial charge is 0.479 e. The lowest BCUT2D eigenvalue weighted by Crippen LogP contribution is -2.33. The second kappa shape index (κ2) is 3.70. The molecule has 3 nitrogen and oxygen atoms in total. The summed E-state index contributed by atoms with van der Waals surface area (Å²) in [5.41, 5.74) is 0.0306. The maximum Gasteiger partial charge on any atom is 0.332 e. The molecule has 0 unspecified atom stereocenters. The van der Waals surface area contributed by atoms with Gasteiger partial charge in [0.25, 0.3) is 0 Å². The van der Waals surface area contributed by atoms with E-state index in [4.69, 9.17) is 5.11 Å². The van der Waals surface area contributed by atoms with E-state index in [0.29, 0.717) is 5.75 Å². The van der Waals surface area contributed by atoms with Crippen LogP contribution in [0, 0.1) is 0 Å². The molecule has 2 rings (SSSR count). The quantitative estimate of drug-likeness (QED) is 0.831. The van der Waals surface area contributed by atoms with E-state index in [1.165, 1.54) is 11.8 Å². The molecule has 1 aromatic carbocycles. The minimum atomic E-state index is -0.962. The summed E-state index contributed by atoms with van der Waals surface area (Å²) in [7, 11) is 0. The number of aliphatic imine (C=N–C) groups is 1. The van der Waals surface area contributed by atoms with Gasteiger partial charge in [-0.15, -0.1) is 11.8 Å². The van der Waals surface area contributed by atoms with Crippen LogP contribution in [0.3, 0.4) is 0 Å². The second-order valence-corrected chi connectivity index (χ2v) is 4.61. The molecule has 0 spiro atoms. The standard InChI is InChI=1S/C11H11NO2S/c1-11(10(13)14)7-15-9(12-11)8-5-3-2-4-6-8/h2-6H,7H2,1H3,(H,13,14)/t11-/m0/s1. The van der Waals surface area contributed by atoms with Gasteiger partial charge < -0.3 is 5.11 Å². The number of hydrogen-bond donors (Lipinski definition) is 1. The van der Waals surface area contributed by atoms with Crippen LogP contribution in [0.5, 0.6) is 0 Å². The van der Waals surface area contributed by atoms with Crippen molar-refractivity contribution in [1.82, 2.24) is 0 Å². The maximum atomic E-state index is 11.0. The van der Waals surface area contributed by atoms with Gasteiger partial charge in [-0.2, -0.15) is 0 Å². The van der Waals surface area contributed by atoms with Crippen LogP contribution in [0.4, 0.5) is 0 Å². The van der Waals surface area contributed by atoms with Gasteiger partial charge in [-0.3, -0.25) is 4.99 Å². The molecular weight excluding hydrogens is 210 g/mol. The molecular formula is C11H11NO2S. The van der Waals surface area contributed by atoms with Crippen LogP contribution in [-0.4, -0.2) is 27.4 Å². The Balaban J connectivity index is 2.32. The van der Waals surface area contributed by atoms with E-state index in [-0.39, 0.29) is 0 Å². The van der Waals surface area contributed by atoms with Gasteiger partial charge >= 0.3 is 5.97 Å². The number of hydrogen-bond acceptors (Lipinski definition) is 3. The molecule has 0 amide bonds. The van der Waals surface area contributed by atoms with Gasteiger partial charge in [-0.1, -0.05) is 30.3 Å². The Kier molecular flexibility index (Phi) is 2.52. The summed E-state index contributed by atoms with van der Waals surface area (Å²) in [5.74, 6) is -0.354. The molecule has 78 valence electrons. The minimum absolute atomic E-state index is 0.507. The van der Waals surface area contributed by atoms with Crippen molar-refractivity contribution in [2.45, 2.75) is 12.5 Å². The number of benzene rings is 1. The average molecular weight is 221 g/mol. The molecule has 0 aromatic heterocycles. The van der Waals surface area contributed by atoms with Crippen molar-refractivity contribution >= 4 is 22.8 Å². The van der Waals surface area contributed by atoms with Crippen LogP contribution in [0.25, 0.3) is 0 Å². The molecule has 1 aromatic rings. The van der Waals surface area contributed by atoms with Crippen LogP contribution >= 0.6 is 11.8 Å². The number of aliphatic carboxylic acids is 1. The zero-order valence-electron chi connectivity index (χ0n) is 8.30. The molecule has 1 N–H and O–H groups in total. The Bertz CT molecular complexity index is 416. The summed E-state index contributed by atoms with van der Waals surface area (Å²) >= 11 is 1.50.